The standard InChI is InChI=1S/C23H21BrCl2N2O3/c1-30-21-10-14(8-16(12-27)23(29)28-18-4-2-3-5-18)9-19(24)22(21)31-13-15-6-7-17(25)11-20(15)26/h6-11,18H,2-5,13H2,1H3,(H,28,29)/b16-8-. The van der Waals surface area contributed by atoms with Gasteiger partial charge in [0.2, 0.25) is 0 Å². The van der Waals surface area contributed by atoms with E-state index in [0.717, 1.165) is 31.2 Å². The molecule has 1 aliphatic carbocycles. The largest absolute Gasteiger partial charge is 0.493 e. The second-order valence-electron chi connectivity index (χ2n) is 7.18. The highest BCUT2D eigenvalue weighted by atomic mass is 79.9. The predicted molar refractivity (Wildman–Crippen MR) is 125 cm³/mol. The number of nitrogens with zero attached hydrogens (tertiary/aromatic N) is 1. The normalized spacial score (nSPS) is 14.2. The molecular weight excluding hydrogens is 503 g/mol. The maximum atomic E-state index is 12.5. The number of halogens is 3. The van der Waals surface area contributed by atoms with Gasteiger partial charge in [-0.25, -0.2) is 0 Å². The van der Waals surface area contributed by atoms with Gasteiger partial charge in [0.05, 0.1) is 11.6 Å². The Morgan fingerprint density at radius 1 is 1.29 bits per heavy atom. The second kappa shape index (κ2) is 10.9. The molecule has 1 aliphatic rings. The number of carbonyl (C=O) groups is 1. The van der Waals surface area contributed by atoms with Crippen molar-refractivity contribution in [2.45, 2.75) is 38.3 Å². The van der Waals surface area contributed by atoms with Crippen LogP contribution in [-0.4, -0.2) is 19.1 Å². The lowest BCUT2D eigenvalue weighted by atomic mass is 10.1. The molecule has 5 nitrogen and oxygen atoms in total. The Bertz CT molecular complexity index is 1040. The van der Waals surface area contributed by atoms with Crippen molar-refractivity contribution in [2.24, 2.45) is 0 Å². The molecule has 8 heteroatoms. The molecule has 0 saturated heterocycles. The van der Waals surface area contributed by atoms with E-state index in [1.807, 2.05) is 6.07 Å². The van der Waals surface area contributed by atoms with Crippen LogP contribution in [0.2, 0.25) is 10.0 Å². The minimum Gasteiger partial charge on any atom is -0.493 e. The Morgan fingerprint density at radius 2 is 2.03 bits per heavy atom. The number of nitrogens with one attached hydrogen (secondary N) is 1. The first-order valence-corrected chi connectivity index (χ1v) is 11.3. The van der Waals surface area contributed by atoms with Crippen molar-refractivity contribution in [3.05, 3.63) is 61.5 Å². The van der Waals surface area contributed by atoms with Crippen molar-refractivity contribution >= 4 is 51.1 Å². The molecule has 0 bridgehead atoms. The predicted octanol–water partition coefficient (Wildman–Crippen LogP) is 6.31. The summed E-state index contributed by atoms with van der Waals surface area (Å²) in [7, 11) is 1.52. The number of ether oxygens (including phenoxy) is 2. The summed E-state index contributed by atoms with van der Waals surface area (Å²) >= 11 is 15.6. The molecule has 0 spiro atoms. The number of carbonyl (C=O) groups excluding carboxylic acids is 1. The van der Waals surface area contributed by atoms with Crippen molar-refractivity contribution in [3.63, 3.8) is 0 Å². The van der Waals surface area contributed by atoms with Crippen LogP contribution in [0.3, 0.4) is 0 Å². The quantitative estimate of drug-likeness (QED) is 0.341. The number of benzene rings is 2. The number of hydrogen-bond acceptors (Lipinski definition) is 4. The molecule has 0 aromatic heterocycles. The molecule has 31 heavy (non-hydrogen) atoms. The van der Waals surface area contributed by atoms with Gasteiger partial charge >= 0.3 is 0 Å². The topological polar surface area (TPSA) is 71.3 Å². The minimum atomic E-state index is -0.359. The van der Waals surface area contributed by atoms with Crippen LogP contribution in [0.4, 0.5) is 0 Å². The molecule has 1 saturated carbocycles. The molecule has 2 aromatic carbocycles. The zero-order valence-corrected chi connectivity index (χ0v) is 20.0. The van der Waals surface area contributed by atoms with Gasteiger partial charge < -0.3 is 14.8 Å². The molecule has 0 aliphatic heterocycles. The summed E-state index contributed by atoms with van der Waals surface area (Å²) in [6.45, 7) is 0.216. The van der Waals surface area contributed by atoms with Crippen molar-refractivity contribution in [1.82, 2.24) is 5.32 Å². The van der Waals surface area contributed by atoms with Crippen LogP contribution in [0, 0.1) is 11.3 Å². The van der Waals surface area contributed by atoms with Crippen LogP contribution in [0.1, 0.15) is 36.8 Å². The van der Waals surface area contributed by atoms with Crippen molar-refractivity contribution in [3.8, 4) is 17.6 Å². The fourth-order valence-corrected chi connectivity index (χ4v) is 4.44. The van der Waals surface area contributed by atoms with Crippen LogP contribution in [0.25, 0.3) is 6.08 Å². The fourth-order valence-electron chi connectivity index (χ4n) is 3.40. The Labute approximate surface area is 200 Å². The Balaban J connectivity index is 1.79. The van der Waals surface area contributed by atoms with E-state index in [9.17, 15) is 10.1 Å². The van der Waals surface area contributed by atoms with Gasteiger partial charge in [0, 0.05) is 21.7 Å². The molecule has 1 fully saturated rings. The molecule has 2 aromatic rings. The van der Waals surface area contributed by atoms with Gasteiger partial charge in [0.15, 0.2) is 11.5 Å². The Kier molecular flexibility index (Phi) is 8.25. The highest BCUT2D eigenvalue weighted by Gasteiger charge is 2.20. The van der Waals surface area contributed by atoms with Gasteiger partial charge in [-0.2, -0.15) is 5.26 Å². The summed E-state index contributed by atoms with van der Waals surface area (Å²) in [4.78, 5) is 12.5. The molecule has 1 amide bonds. The average molecular weight is 524 g/mol. The van der Waals surface area contributed by atoms with Crippen LogP contribution >= 0.6 is 39.1 Å². The van der Waals surface area contributed by atoms with E-state index in [1.165, 1.54) is 13.2 Å². The van der Waals surface area contributed by atoms with E-state index in [0.29, 0.717) is 31.6 Å². The van der Waals surface area contributed by atoms with E-state index >= 15 is 0 Å². The second-order valence-corrected chi connectivity index (χ2v) is 8.88. The van der Waals surface area contributed by atoms with E-state index < -0.39 is 0 Å². The molecule has 0 radical (unpaired) electrons. The molecule has 0 unspecified atom stereocenters. The van der Waals surface area contributed by atoms with E-state index in [4.69, 9.17) is 32.7 Å². The third kappa shape index (κ3) is 6.16. The summed E-state index contributed by atoms with van der Waals surface area (Å²) in [5.41, 5.74) is 1.46. The molecule has 162 valence electrons. The molecule has 1 N–H and O–H groups in total. The fraction of sp³-hybridized carbons (Fsp3) is 0.304. The number of nitriles is 1. The zero-order valence-electron chi connectivity index (χ0n) is 16.9. The minimum absolute atomic E-state index is 0.0440. The number of amides is 1. The first-order valence-electron chi connectivity index (χ1n) is 9.78. The van der Waals surface area contributed by atoms with Crippen LogP contribution in [0.15, 0.2) is 40.4 Å². The van der Waals surface area contributed by atoms with Gasteiger partial charge in [-0.1, -0.05) is 42.1 Å². The monoisotopic (exact) mass is 522 g/mol. The number of rotatable bonds is 7. The maximum absolute atomic E-state index is 12.5. The zero-order chi connectivity index (χ0) is 22.4. The Hall–Kier alpha value is -2.20. The van der Waals surface area contributed by atoms with Crippen LogP contribution in [-0.2, 0) is 11.4 Å². The third-order valence-corrected chi connectivity index (χ3v) is 6.18. The van der Waals surface area contributed by atoms with Gasteiger partial charge in [-0.05, 0) is 64.7 Å². The lowest BCUT2D eigenvalue weighted by molar-refractivity contribution is -0.117. The third-order valence-electron chi connectivity index (χ3n) is 5.01. The SMILES string of the molecule is COc1cc(/C=C(/C#N)C(=O)NC2CCCC2)cc(Br)c1OCc1ccc(Cl)cc1Cl. The van der Waals surface area contributed by atoms with E-state index in [2.05, 4.69) is 21.2 Å². The van der Waals surface area contributed by atoms with Crippen molar-refractivity contribution < 1.29 is 14.3 Å². The number of methoxy groups -OCH3 is 1. The van der Waals surface area contributed by atoms with E-state index in [1.54, 1.807) is 30.3 Å². The summed E-state index contributed by atoms with van der Waals surface area (Å²) in [5, 5.41) is 13.5. The lowest BCUT2D eigenvalue weighted by Crippen LogP contribution is -2.33. The smallest absolute Gasteiger partial charge is 0.262 e. The number of hydrogen-bond donors (Lipinski definition) is 1. The molecular formula is C23H21BrCl2N2O3. The van der Waals surface area contributed by atoms with Crippen LogP contribution in [0.5, 0.6) is 11.5 Å². The van der Waals surface area contributed by atoms with E-state index in [-0.39, 0.29) is 24.1 Å². The first-order chi connectivity index (χ1) is 14.9. The maximum Gasteiger partial charge on any atom is 0.262 e. The van der Waals surface area contributed by atoms with Gasteiger partial charge in [0.25, 0.3) is 5.91 Å². The first kappa shape index (κ1) is 23.5. The van der Waals surface area contributed by atoms with Gasteiger partial charge in [-0.3, -0.25) is 4.79 Å². The molecule has 0 heterocycles. The molecule has 0 atom stereocenters. The lowest BCUT2D eigenvalue weighted by Gasteiger charge is -2.15. The summed E-state index contributed by atoms with van der Waals surface area (Å²) in [6, 6.07) is 10.8. The van der Waals surface area contributed by atoms with Crippen LogP contribution < -0.4 is 14.8 Å². The highest BCUT2D eigenvalue weighted by molar-refractivity contribution is 9.10. The Morgan fingerprint density at radius 3 is 2.68 bits per heavy atom. The molecule has 3 rings (SSSR count). The van der Waals surface area contributed by atoms with Crippen molar-refractivity contribution in [1.29, 1.82) is 5.26 Å². The van der Waals surface area contributed by atoms with Crippen molar-refractivity contribution in [2.75, 3.05) is 7.11 Å². The summed E-state index contributed by atoms with van der Waals surface area (Å²) < 4.78 is 12.0. The van der Waals surface area contributed by atoms with Gasteiger partial charge in [0.1, 0.15) is 18.2 Å². The van der Waals surface area contributed by atoms with Gasteiger partial charge in [-0.15, -0.1) is 0 Å². The summed E-state index contributed by atoms with van der Waals surface area (Å²) in [5.74, 6) is 0.584. The average Bonchev–Trinajstić information content (AvgIpc) is 3.24. The highest BCUT2D eigenvalue weighted by Crippen LogP contribution is 2.38. The summed E-state index contributed by atoms with van der Waals surface area (Å²) in [6.07, 6.45) is 5.64.